The number of ether oxygens (including phenoxy) is 1. The van der Waals surface area contributed by atoms with Crippen LogP contribution >= 0.6 is 11.6 Å². The smallest absolute Gasteiger partial charge is 0.338 e. The number of nitrogens with one attached hydrogen (secondary N) is 1. The number of benzene rings is 1. The maximum absolute atomic E-state index is 12.1. The molecule has 126 valence electrons. The van der Waals surface area contributed by atoms with Crippen molar-refractivity contribution in [3.8, 4) is 0 Å². The van der Waals surface area contributed by atoms with Crippen LogP contribution in [0.5, 0.6) is 0 Å². The minimum absolute atomic E-state index is 0.341. The molecular formula is C18H19ClN2O3. The molecule has 1 aromatic carbocycles. The van der Waals surface area contributed by atoms with Crippen molar-refractivity contribution in [2.24, 2.45) is 0 Å². The lowest BCUT2D eigenvalue weighted by atomic mass is 10.0. The molecule has 0 aliphatic carbocycles. The number of anilines is 1. The zero-order chi connectivity index (χ0) is 17.7. The molecule has 2 aromatic rings. The molecule has 24 heavy (non-hydrogen) atoms. The zero-order valence-corrected chi connectivity index (χ0v) is 14.5. The van der Waals surface area contributed by atoms with Crippen molar-refractivity contribution in [1.29, 1.82) is 0 Å². The first-order valence-electron chi connectivity index (χ1n) is 7.60. The number of nitrogens with zero attached hydrogens (tertiary/aromatic N) is 1. The first kappa shape index (κ1) is 17.9. The first-order valence-corrected chi connectivity index (χ1v) is 7.98. The summed E-state index contributed by atoms with van der Waals surface area (Å²) < 4.78 is 5.19. The SMILES string of the molecule is CC(C)c1ccc(C(=O)O[C@H](C)C(=O)Nc2ccc(Cl)cn2)cc1. The molecule has 6 heteroatoms. The van der Waals surface area contributed by atoms with Gasteiger partial charge < -0.3 is 10.1 Å². The van der Waals surface area contributed by atoms with Gasteiger partial charge in [-0.05, 0) is 42.7 Å². The Morgan fingerprint density at radius 3 is 2.29 bits per heavy atom. The molecular weight excluding hydrogens is 328 g/mol. The second-order valence-electron chi connectivity index (χ2n) is 5.68. The quantitative estimate of drug-likeness (QED) is 0.829. The molecule has 1 heterocycles. The van der Waals surface area contributed by atoms with E-state index in [2.05, 4.69) is 24.1 Å². The molecule has 5 nitrogen and oxygen atoms in total. The fourth-order valence-electron chi connectivity index (χ4n) is 1.96. The molecule has 0 radical (unpaired) electrons. The van der Waals surface area contributed by atoms with Crippen molar-refractivity contribution in [1.82, 2.24) is 4.98 Å². The summed E-state index contributed by atoms with van der Waals surface area (Å²) >= 11 is 5.73. The Morgan fingerprint density at radius 1 is 1.08 bits per heavy atom. The molecule has 1 N–H and O–H groups in total. The van der Waals surface area contributed by atoms with E-state index >= 15 is 0 Å². The standard InChI is InChI=1S/C18H19ClN2O3/c1-11(2)13-4-6-14(7-5-13)18(23)24-12(3)17(22)21-16-9-8-15(19)10-20-16/h4-12H,1-3H3,(H,20,21,22)/t12-/m1/s1. The number of halogens is 1. The number of pyridine rings is 1. The molecule has 2 rings (SSSR count). The third-order valence-corrected chi connectivity index (χ3v) is 3.67. The average molecular weight is 347 g/mol. The Labute approximate surface area is 146 Å². The highest BCUT2D eigenvalue weighted by Crippen LogP contribution is 2.16. The van der Waals surface area contributed by atoms with Gasteiger partial charge in [0, 0.05) is 6.20 Å². The van der Waals surface area contributed by atoms with Gasteiger partial charge in [-0.3, -0.25) is 4.79 Å². The molecule has 1 aromatic heterocycles. The van der Waals surface area contributed by atoms with E-state index in [9.17, 15) is 9.59 Å². The number of aromatic nitrogens is 1. The highest BCUT2D eigenvalue weighted by molar-refractivity contribution is 6.30. The summed E-state index contributed by atoms with van der Waals surface area (Å²) in [6.07, 6.45) is 0.476. The molecule has 0 unspecified atom stereocenters. The van der Waals surface area contributed by atoms with Crippen LogP contribution in [0.1, 0.15) is 42.6 Å². The van der Waals surface area contributed by atoms with Crippen LogP contribution in [-0.4, -0.2) is 23.0 Å². The van der Waals surface area contributed by atoms with Gasteiger partial charge in [0.05, 0.1) is 10.6 Å². The van der Waals surface area contributed by atoms with Crippen LogP contribution in [0.3, 0.4) is 0 Å². The van der Waals surface area contributed by atoms with Crippen molar-refractivity contribution in [3.63, 3.8) is 0 Å². The summed E-state index contributed by atoms with van der Waals surface area (Å²) in [4.78, 5) is 28.1. The number of hydrogen-bond donors (Lipinski definition) is 1. The lowest BCUT2D eigenvalue weighted by Gasteiger charge is -2.13. The molecule has 1 amide bonds. The van der Waals surface area contributed by atoms with Gasteiger partial charge in [-0.2, -0.15) is 0 Å². The topological polar surface area (TPSA) is 68.3 Å². The van der Waals surface area contributed by atoms with Gasteiger partial charge in [-0.25, -0.2) is 9.78 Å². The predicted molar refractivity (Wildman–Crippen MR) is 93.3 cm³/mol. The Hall–Kier alpha value is -2.40. The molecule has 0 aliphatic heterocycles. The lowest BCUT2D eigenvalue weighted by molar-refractivity contribution is -0.123. The van der Waals surface area contributed by atoms with E-state index in [1.165, 1.54) is 13.1 Å². The van der Waals surface area contributed by atoms with Crippen LogP contribution in [0.2, 0.25) is 5.02 Å². The molecule has 0 bridgehead atoms. The predicted octanol–water partition coefficient (Wildman–Crippen LogP) is 4.04. The number of hydrogen-bond acceptors (Lipinski definition) is 4. The molecule has 0 fully saturated rings. The van der Waals surface area contributed by atoms with Crippen molar-refractivity contribution >= 4 is 29.3 Å². The van der Waals surface area contributed by atoms with E-state index in [1.807, 2.05) is 12.1 Å². The largest absolute Gasteiger partial charge is 0.449 e. The van der Waals surface area contributed by atoms with Crippen LogP contribution in [0, 0.1) is 0 Å². The zero-order valence-electron chi connectivity index (χ0n) is 13.7. The highest BCUT2D eigenvalue weighted by Gasteiger charge is 2.19. The average Bonchev–Trinajstić information content (AvgIpc) is 2.56. The fraction of sp³-hybridized carbons (Fsp3) is 0.278. The third-order valence-electron chi connectivity index (χ3n) is 3.44. The summed E-state index contributed by atoms with van der Waals surface area (Å²) in [5.74, 6) is -0.283. The van der Waals surface area contributed by atoms with Gasteiger partial charge in [-0.15, -0.1) is 0 Å². The monoisotopic (exact) mass is 346 g/mol. The minimum atomic E-state index is -0.945. The van der Waals surface area contributed by atoms with Crippen molar-refractivity contribution in [2.45, 2.75) is 32.8 Å². The number of carbonyl (C=O) groups excluding carboxylic acids is 2. The van der Waals surface area contributed by atoms with Gasteiger partial charge in [0.1, 0.15) is 5.82 Å². The molecule has 0 aliphatic rings. The normalized spacial score (nSPS) is 11.9. The highest BCUT2D eigenvalue weighted by atomic mass is 35.5. The van der Waals surface area contributed by atoms with E-state index in [0.29, 0.717) is 22.3 Å². The van der Waals surface area contributed by atoms with Gasteiger partial charge in [0.2, 0.25) is 0 Å². The van der Waals surface area contributed by atoms with E-state index < -0.39 is 18.0 Å². The maximum Gasteiger partial charge on any atom is 0.338 e. The molecule has 0 saturated carbocycles. The summed E-state index contributed by atoms with van der Waals surface area (Å²) in [5, 5.41) is 3.03. The van der Waals surface area contributed by atoms with Crippen LogP contribution < -0.4 is 5.32 Å². The third kappa shape index (κ3) is 4.80. The van der Waals surface area contributed by atoms with Gasteiger partial charge in [0.15, 0.2) is 6.10 Å². The van der Waals surface area contributed by atoms with Crippen molar-refractivity contribution in [2.75, 3.05) is 5.32 Å². The number of amides is 1. The Morgan fingerprint density at radius 2 is 1.75 bits per heavy atom. The van der Waals surface area contributed by atoms with E-state index in [1.54, 1.807) is 24.3 Å². The Bertz CT molecular complexity index is 712. The van der Waals surface area contributed by atoms with Crippen LogP contribution in [0.15, 0.2) is 42.6 Å². The maximum atomic E-state index is 12.1. The van der Waals surface area contributed by atoms with Gasteiger partial charge >= 0.3 is 5.97 Å². The summed E-state index contributed by atoms with van der Waals surface area (Å²) in [6, 6.07) is 10.3. The van der Waals surface area contributed by atoms with Crippen molar-refractivity contribution < 1.29 is 14.3 Å². The summed E-state index contributed by atoms with van der Waals surface area (Å²) in [6.45, 7) is 5.65. The van der Waals surface area contributed by atoms with Crippen LogP contribution in [0.4, 0.5) is 5.82 Å². The summed E-state index contributed by atoms with van der Waals surface area (Å²) in [5.41, 5.74) is 1.54. The molecule has 0 spiro atoms. The summed E-state index contributed by atoms with van der Waals surface area (Å²) in [7, 11) is 0. The molecule has 0 saturated heterocycles. The number of esters is 1. The Kier molecular flexibility index (Phi) is 5.93. The second kappa shape index (κ2) is 7.93. The van der Waals surface area contributed by atoms with E-state index in [0.717, 1.165) is 5.56 Å². The fourth-order valence-corrected chi connectivity index (χ4v) is 2.08. The van der Waals surface area contributed by atoms with Gasteiger partial charge in [0.25, 0.3) is 5.91 Å². The number of rotatable bonds is 5. The minimum Gasteiger partial charge on any atom is -0.449 e. The Balaban J connectivity index is 1.94. The second-order valence-corrected chi connectivity index (χ2v) is 6.11. The van der Waals surface area contributed by atoms with E-state index in [4.69, 9.17) is 16.3 Å². The van der Waals surface area contributed by atoms with Crippen LogP contribution in [0.25, 0.3) is 0 Å². The van der Waals surface area contributed by atoms with E-state index in [-0.39, 0.29) is 0 Å². The molecule has 1 atom stereocenters. The lowest BCUT2D eigenvalue weighted by Crippen LogP contribution is -2.30. The van der Waals surface area contributed by atoms with Crippen molar-refractivity contribution in [3.05, 3.63) is 58.7 Å². The van der Waals surface area contributed by atoms with Crippen LogP contribution in [-0.2, 0) is 9.53 Å². The number of carbonyl (C=O) groups is 2. The first-order chi connectivity index (χ1) is 11.4. The van der Waals surface area contributed by atoms with Gasteiger partial charge in [-0.1, -0.05) is 37.6 Å².